The lowest BCUT2D eigenvalue weighted by molar-refractivity contribution is 0.280. The number of halogens is 2. The number of hydrogen-bond donors (Lipinski definition) is 2. The summed E-state index contributed by atoms with van der Waals surface area (Å²) < 4.78 is 1.48. The zero-order chi connectivity index (χ0) is 13.8. The SMILES string of the molecule is CC(NCc1cc(Br)c(O)c(Br)c1)C1CCCCC1. The summed E-state index contributed by atoms with van der Waals surface area (Å²) in [6, 6.07) is 4.51. The van der Waals surface area contributed by atoms with Crippen LogP contribution >= 0.6 is 31.9 Å². The molecule has 0 heterocycles. The fourth-order valence-corrected chi connectivity index (χ4v) is 4.08. The van der Waals surface area contributed by atoms with E-state index < -0.39 is 0 Å². The topological polar surface area (TPSA) is 32.3 Å². The molecule has 1 aromatic carbocycles. The van der Waals surface area contributed by atoms with E-state index in [0.29, 0.717) is 6.04 Å². The first-order chi connectivity index (χ1) is 9.08. The molecule has 4 heteroatoms. The highest BCUT2D eigenvalue weighted by Crippen LogP contribution is 2.33. The molecule has 1 aliphatic rings. The van der Waals surface area contributed by atoms with E-state index in [-0.39, 0.29) is 5.75 Å². The highest BCUT2D eigenvalue weighted by Gasteiger charge is 2.19. The maximum absolute atomic E-state index is 9.70. The standard InChI is InChI=1S/C15H21Br2NO/c1-10(12-5-3-2-4-6-12)18-9-11-7-13(16)15(19)14(17)8-11/h7-8,10,12,18-19H,2-6,9H2,1H3. The van der Waals surface area contributed by atoms with E-state index in [4.69, 9.17) is 0 Å². The smallest absolute Gasteiger partial charge is 0.143 e. The number of aromatic hydroxyl groups is 1. The zero-order valence-electron chi connectivity index (χ0n) is 11.3. The highest BCUT2D eigenvalue weighted by atomic mass is 79.9. The molecule has 0 bridgehead atoms. The third-order valence-electron chi connectivity index (χ3n) is 4.06. The Kier molecular flexibility index (Phi) is 5.72. The van der Waals surface area contributed by atoms with Crippen LogP contribution in [0.4, 0.5) is 0 Å². The average Bonchev–Trinajstić information content (AvgIpc) is 2.43. The summed E-state index contributed by atoms with van der Waals surface area (Å²) in [6.45, 7) is 3.13. The Morgan fingerprint density at radius 1 is 1.21 bits per heavy atom. The van der Waals surface area contributed by atoms with Gasteiger partial charge < -0.3 is 10.4 Å². The fraction of sp³-hybridized carbons (Fsp3) is 0.600. The molecule has 0 saturated heterocycles. The minimum atomic E-state index is 0.268. The van der Waals surface area contributed by atoms with Crippen LogP contribution in [0.25, 0.3) is 0 Å². The monoisotopic (exact) mass is 389 g/mol. The zero-order valence-corrected chi connectivity index (χ0v) is 14.4. The maximum Gasteiger partial charge on any atom is 0.143 e. The molecule has 0 aromatic heterocycles. The Morgan fingerprint density at radius 3 is 2.37 bits per heavy atom. The van der Waals surface area contributed by atoms with Gasteiger partial charge >= 0.3 is 0 Å². The van der Waals surface area contributed by atoms with Crippen molar-refractivity contribution in [3.05, 3.63) is 26.6 Å². The van der Waals surface area contributed by atoms with Gasteiger partial charge in [0, 0.05) is 12.6 Å². The van der Waals surface area contributed by atoms with Crippen LogP contribution in [0.5, 0.6) is 5.75 Å². The lowest BCUT2D eigenvalue weighted by Crippen LogP contribution is -2.34. The van der Waals surface area contributed by atoms with Crippen LogP contribution in [0.3, 0.4) is 0 Å². The summed E-state index contributed by atoms with van der Waals surface area (Å²) in [5.74, 6) is 1.09. The Hall–Kier alpha value is -0.0600. The van der Waals surface area contributed by atoms with E-state index in [2.05, 4.69) is 44.1 Å². The third-order valence-corrected chi connectivity index (χ3v) is 5.27. The molecular weight excluding hydrogens is 370 g/mol. The molecule has 1 atom stereocenters. The van der Waals surface area contributed by atoms with E-state index in [1.54, 1.807) is 0 Å². The quantitative estimate of drug-likeness (QED) is 0.760. The van der Waals surface area contributed by atoms with Crippen LogP contribution in [0.1, 0.15) is 44.6 Å². The van der Waals surface area contributed by atoms with Gasteiger partial charge in [-0.25, -0.2) is 0 Å². The van der Waals surface area contributed by atoms with Crippen molar-refractivity contribution >= 4 is 31.9 Å². The van der Waals surface area contributed by atoms with Gasteiger partial charge in [-0.05, 0) is 75.2 Å². The molecule has 106 valence electrons. The molecule has 1 fully saturated rings. The lowest BCUT2D eigenvalue weighted by Gasteiger charge is -2.28. The third kappa shape index (κ3) is 4.20. The summed E-state index contributed by atoms with van der Waals surface area (Å²) in [6.07, 6.45) is 6.88. The summed E-state index contributed by atoms with van der Waals surface area (Å²) in [5, 5.41) is 13.3. The number of rotatable bonds is 4. The molecule has 0 radical (unpaired) electrons. The number of hydrogen-bond acceptors (Lipinski definition) is 2. The largest absolute Gasteiger partial charge is 0.506 e. The minimum Gasteiger partial charge on any atom is -0.506 e. The molecule has 1 saturated carbocycles. The van der Waals surface area contributed by atoms with E-state index in [1.165, 1.54) is 37.7 Å². The predicted octanol–water partition coefficient (Wildman–Crippen LogP) is 4.98. The Labute approximate surface area is 132 Å². The number of phenols is 1. The number of phenolic OH excluding ortho intramolecular Hbond substituents is 1. The molecule has 1 unspecified atom stereocenters. The van der Waals surface area contributed by atoms with Crippen molar-refractivity contribution in [3.8, 4) is 5.75 Å². The highest BCUT2D eigenvalue weighted by molar-refractivity contribution is 9.11. The Morgan fingerprint density at radius 2 is 1.79 bits per heavy atom. The van der Waals surface area contributed by atoms with Crippen molar-refractivity contribution < 1.29 is 5.11 Å². The molecule has 2 rings (SSSR count). The summed E-state index contributed by atoms with van der Waals surface area (Å²) in [5.41, 5.74) is 1.18. The van der Waals surface area contributed by atoms with Crippen LogP contribution in [0.15, 0.2) is 21.1 Å². The second-order valence-corrected chi connectivity index (χ2v) is 7.18. The van der Waals surface area contributed by atoms with Crippen LogP contribution in [0, 0.1) is 5.92 Å². The van der Waals surface area contributed by atoms with Crippen molar-refractivity contribution in [2.45, 2.75) is 51.6 Å². The van der Waals surface area contributed by atoms with Crippen LogP contribution in [0.2, 0.25) is 0 Å². The first-order valence-corrected chi connectivity index (χ1v) is 8.57. The van der Waals surface area contributed by atoms with E-state index in [0.717, 1.165) is 21.4 Å². The lowest BCUT2D eigenvalue weighted by atomic mass is 9.84. The van der Waals surface area contributed by atoms with Crippen LogP contribution < -0.4 is 5.32 Å². The van der Waals surface area contributed by atoms with Crippen LogP contribution in [-0.2, 0) is 6.54 Å². The second-order valence-electron chi connectivity index (χ2n) is 5.48. The van der Waals surface area contributed by atoms with Crippen molar-refractivity contribution in [2.75, 3.05) is 0 Å². The van der Waals surface area contributed by atoms with Gasteiger partial charge in [-0.1, -0.05) is 19.3 Å². The predicted molar refractivity (Wildman–Crippen MR) is 86.4 cm³/mol. The van der Waals surface area contributed by atoms with Gasteiger partial charge in [0.2, 0.25) is 0 Å². The van der Waals surface area contributed by atoms with E-state index in [1.807, 2.05) is 12.1 Å². The average molecular weight is 391 g/mol. The van der Waals surface area contributed by atoms with Gasteiger partial charge in [0.15, 0.2) is 0 Å². The molecule has 0 aliphatic heterocycles. The summed E-state index contributed by atoms with van der Waals surface area (Å²) in [4.78, 5) is 0. The molecular formula is C15H21Br2NO. The number of benzene rings is 1. The molecule has 1 aromatic rings. The molecule has 19 heavy (non-hydrogen) atoms. The second kappa shape index (κ2) is 7.09. The van der Waals surface area contributed by atoms with E-state index >= 15 is 0 Å². The van der Waals surface area contributed by atoms with Crippen molar-refractivity contribution in [3.63, 3.8) is 0 Å². The molecule has 0 amide bonds. The molecule has 1 aliphatic carbocycles. The van der Waals surface area contributed by atoms with E-state index in [9.17, 15) is 5.11 Å². The number of nitrogens with one attached hydrogen (secondary N) is 1. The fourth-order valence-electron chi connectivity index (χ4n) is 2.80. The van der Waals surface area contributed by atoms with Crippen molar-refractivity contribution in [1.29, 1.82) is 0 Å². The first-order valence-electron chi connectivity index (χ1n) is 6.98. The normalized spacial score (nSPS) is 18.5. The van der Waals surface area contributed by atoms with Gasteiger partial charge in [0.05, 0.1) is 8.95 Å². The van der Waals surface area contributed by atoms with Gasteiger partial charge in [-0.15, -0.1) is 0 Å². The first kappa shape index (κ1) is 15.3. The summed E-state index contributed by atoms with van der Waals surface area (Å²) >= 11 is 6.75. The molecule has 2 nitrogen and oxygen atoms in total. The van der Waals surface area contributed by atoms with Gasteiger partial charge in [-0.3, -0.25) is 0 Å². The molecule has 0 spiro atoms. The minimum absolute atomic E-state index is 0.268. The van der Waals surface area contributed by atoms with Gasteiger partial charge in [0.25, 0.3) is 0 Å². The summed E-state index contributed by atoms with van der Waals surface area (Å²) in [7, 11) is 0. The Balaban J connectivity index is 1.91. The van der Waals surface area contributed by atoms with Crippen molar-refractivity contribution in [1.82, 2.24) is 5.32 Å². The van der Waals surface area contributed by atoms with Crippen LogP contribution in [-0.4, -0.2) is 11.1 Å². The maximum atomic E-state index is 9.70. The van der Waals surface area contributed by atoms with Gasteiger partial charge in [-0.2, -0.15) is 0 Å². The van der Waals surface area contributed by atoms with Crippen molar-refractivity contribution in [2.24, 2.45) is 5.92 Å². The molecule has 2 N–H and O–H groups in total. The van der Waals surface area contributed by atoms with Gasteiger partial charge in [0.1, 0.15) is 5.75 Å². The Bertz CT molecular complexity index is 407.